The van der Waals surface area contributed by atoms with Gasteiger partial charge in [-0.2, -0.15) is 13.2 Å². The smallest absolute Gasteiger partial charge is 0.318 e. The standard InChI is InChI=1S/C12H14F3NO/c1-3-8(2)9-6-4-5-7-10(9)16-11(17)12(13,14)15/h4-8H,3H2,1-2H3,(H,16,17)/t8-/m1/s1. The van der Waals surface area contributed by atoms with Crippen LogP contribution in [0.2, 0.25) is 0 Å². The first-order valence-corrected chi connectivity index (χ1v) is 5.33. The molecule has 1 aromatic rings. The van der Waals surface area contributed by atoms with Gasteiger partial charge in [-0.15, -0.1) is 0 Å². The lowest BCUT2D eigenvalue weighted by atomic mass is 9.97. The van der Waals surface area contributed by atoms with Crippen LogP contribution < -0.4 is 5.32 Å². The molecule has 0 saturated heterocycles. The SMILES string of the molecule is CC[C@@H](C)c1ccccc1NC(=O)C(F)(F)F. The molecule has 1 N–H and O–H groups in total. The maximum absolute atomic E-state index is 12.1. The van der Waals surface area contributed by atoms with Gasteiger partial charge in [0.2, 0.25) is 0 Å². The lowest BCUT2D eigenvalue weighted by molar-refractivity contribution is -0.167. The molecular formula is C12H14F3NO. The van der Waals surface area contributed by atoms with E-state index in [2.05, 4.69) is 0 Å². The Hall–Kier alpha value is -1.52. The fraction of sp³-hybridized carbons (Fsp3) is 0.417. The van der Waals surface area contributed by atoms with Crippen LogP contribution in [0.15, 0.2) is 24.3 Å². The summed E-state index contributed by atoms with van der Waals surface area (Å²) < 4.78 is 36.4. The number of rotatable bonds is 3. The van der Waals surface area contributed by atoms with Gasteiger partial charge in [-0.3, -0.25) is 4.79 Å². The Morgan fingerprint density at radius 3 is 2.47 bits per heavy atom. The van der Waals surface area contributed by atoms with Crippen LogP contribution in [0.1, 0.15) is 31.7 Å². The molecule has 0 heterocycles. The number of carbonyl (C=O) groups is 1. The highest BCUT2D eigenvalue weighted by Crippen LogP contribution is 2.28. The maximum Gasteiger partial charge on any atom is 0.471 e. The van der Waals surface area contributed by atoms with E-state index >= 15 is 0 Å². The summed E-state index contributed by atoms with van der Waals surface area (Å²) in [6.45, 7) is 3.84. The second kappa shape index (κ2) is 5.21. The van der Waals surface area contributed by atoms with E-state index in [0.717, 1.165) is 6.42 Å². The average molecular weight is 245 g/mol. The van der Waals surface area contributed by atoms with Crippen LogP contribution in [0, 0.1) is 0 Å². The Morgan fingerprint density at radius 2 is 1.94 bits per heavy atom. The van der Waals surface area contributed by atoms with Crippen molar-refractivity contribution in [1.82, 2.24) is 0 Å². The molecule has 0 bridgehead atoms. The molecule has 0 unspecified atom stereocenters. The second-order valence-corrected chi connectivity index (χ2v) is 3.85. The summed E-state index contributed by atoms with van der Waals surface area (Å²) in [5.41, 5.74) is 0.941. The van der Waals surface area contributed by atoms with Crippen LogP contribution in [0.25, 0.3) is 0 Å². The third-order valence-electron chi connectivity index (χ3n) is 2.61. The number of nitrogens with one attached hydrogen (secondary N) is 1. The molecule has 2 nitrogen and oxygen atoms in total. The van der Waals surface area contributed by atoms with Gasteiger partial charge in [-0.25, -0.2) is 0 Å². The van der Waals surface area contributed by atoms with Gasteiger partial charge in [-0.05, 0) is 24.0 Å². The third kappa shape index (κ3) is 3.47. The van der Waals surface area contributed by atoms with Gasteiger partial charge in [-0.1, -0.05) is 32.0 Å². The van der Waals surface area contributed by atoms with E-state index in [1.807, 2.05) is 19.2 Å². The van der Waals surface area contributed by atoms with E-state index in [1.165, 1.54) is 6.07 Å². The number of halogens is 3. The fourth-order valence-electron chi connectivity index (χ4n) is 1.45. The molecule has 5 heteroatoms. The largest absolute Gasteiger partial charge is 0.471 e. The van der Waals surface area contributed by atoms with Crippen LogP contribution in [0.4, 0.5) is 18.9 Å². The second-order valence-electron chi connectivity index (χ2n) is 3.85. The summed E-state index contributed by atoms with van der Waals surface area (Å²) in [5, 5.41) is 1.90. The molecule has 1 atom stereocenters. The van der Waals surface area contributed by atoms with Crippen LogP contribution in [0.3, 0.4) is 0 Å². The first-order valence-electron chi connectivity index (χ1n) is 5.33. The van der Waals surface area contributed by atoms with Crippen molar-refractivity contribution in [2.75, 3.05) is 5.32 Å². The number of carbonyl (C=O) groups excluding carboxylic acids is 1. The number of benzene rings is 1. The zero-order valence-electron chi connectivity index (χ0n) is 9.64. The molecular weight excluding hydrogens is 231 g/mol. The predicted molar refractivity (Wildman–Crippen MR) is 59.8 cm³/mol. The van der Waals surface area contributed by atoms with Crippen LogP contribution in [-0.4, -0.2) is 12.1 Å². The molecule has 0 aromatic heterocycles. The minimum atomic E-state index is -4.86. The van der Waals surface area contributed by atoms with Crippen molar-refractivity contribution in [3.63, 3.8) is 0 Å². The number of amides is 1. The predicted octanol–water partition coefficient (Wildman–Crippen LogP) is 3.70. The van der Waals surface area contributed by atoms with Crippen LogP contribution in [-0.2, 0) is 4.79 Å². The molecule has 0 aliphatic carbocycles. The molecule has 94 valence electrons. The quantitative estimate of drug-likeness (QED) is 0.864. The van der Waals surface area contributed by atoms with Gasteiger partial charge < -0.3 is 5.32 Å². The highest BCUT2D eigenvalue weighted by atomic mass is 19.4. The van der Waals surface area contributed by atoms with Crippen molar-refractivity contribution in [1.29, 1.82) is 0 Å². The summed E-state index contributed by atoms with van der Waals surface area (Å²) >= 11 is 0. The summed E-state index contributed by atoms with van der Waals surface area (Å²) in [4.78, 5) is 10.9. The normalized spacial score (nSPS) is 13.2. The van der Waals surface area contributed by atoms with Gasteiger partial charge >= 0.3 is 12.1 Å². The van der Waals surface area contributed by atoms with Gasteiger partial charge in [0.05, 0.1) is 0 Å². The zero-order chi connectivity index (χ0) is 13.1. The first kappa shape index (κ1) is 13.5. The number of anilines is 1. The van der Waals surface area contributed by atoms with Crippen molar-refractivity contribution < 1.29 is 18.0 Å². The Balaban J connectivity index is 2.95. The molecule has 17 heavy (non-hydrogen) atoms. The maximum atomic E-state index is 12.1. The monoisotopic (exact) mass is 245 g/mol. The molecule has 0 aliphatic heterocycles. The molecule has 1 amide bonds. The summed E-state index contributed by atoms with van der Waals surface area (Å²) in [6, 6.07) is 6.54. The van der Waals surface area contributed by atoms with Crippen molar-refractivity contribution in [3.05, 3.63) is 29.8 Å². The molecule has 0 radical (unpaired) electrons. The lowest BCUT2D eigenvalue weighted by Crippen LogP contribution is -2.30. The number of para-hydroxylation sites is 1. The topological polar surface area (TPSA) is 29.1 Å². The Bertz CT molecular complexity index is 401. The number of hydrogen-bond acceptors (Lipinski definition) is 1. The Kier molecular flexibility index (Phi) is 4.15. The minimum absolute atomic E-state index is 0.0970. The van der Waals surface area contributed by atoms with E-state index in [4.69, 9.17) is 0 Å². The molecule has 0 aliphatic rings. The summed E-state index contributed by atoms with van der Waals surface area (Å²) in [5.74, 6) is -1.84. The van der Waals surface area contributed by atoms with Crippen LogP contribution >= 0.6 is 0 Å². The first-order chi connectivity index (χ1) is 7.86. The van der Waals surface area contributed by atoms with Crippen molar-refractivity contribution in [3.8, 4) is 0 Å². The van der Waals surface area contributed by atoms with E-state index < -0.39 is 12.1 Å². The molecule has 1 aromatic carbocycles. The minimum Gasteiger partial charge on any atom is -0.318 e. The van der Waals surface area contributed by atoms with E-state index in [-0.39, 0.29) is 11.6 Å². The van der Waals surface area contributed by atoms with E-state index in [1.54, 1.807) is 18.2 Å². The third-order valence-corrected chi connectivity index (χ3v) is 2.61. The van der Waals surface area contributed by atoms with Crippen molar-refractivity contribution in [2.45, 2.75) is 32.4 Å². The molecule has 0 spiro atoms. The van der Waals surface area contributed by atoms with Gasteiger partial charge in [0.1, 0.15) is 0 Å². The zero-order valence-corrected chi connectivity index (χ0v) is 9.64. The van der Waals surface area contributed by atoms with Crippen molar-refractivity contribution in [2.24, 2.45) is 0 Å². The Labute approximate surface area is 97.8 Å². The van der Waals surface area contributed by atoms with Crippen LogP contribution in [0.5, 0.6) is 0 Å². The number of hydrogen-bond donors (Lipinski definition) is 1. The summed E-state index contributed by atoms with van der Waals surface area (Å²) in [7, 11) is 0. The summed E-state index contributed by atoms with van der Waals surface area (Å²) in [6.07, 6.45) is -4.07. The Morgan fingerprint density at radius 1 is 1.35 bits per heavy atom. The van der Waals surface area contributed by atoms with Gasteiger partial charge in [0.15, 0.2) is 0 Å². The molecule has 0 saturated carbocycles. The molecule has 0 fully saturated rings. The highest BCUT2D eigenvalue weighted by molar-refractivity contribution is 5.95. The van der Waals surface area contributed by atoms with Gasteiger partial charge in [0.25, 0.3) is 0 Å². The van der Waals surface area contributed by atoms with E-state index in [9.17, 15) is 18.0 Å². The highest BCUT2D eigenvalue weighted by Gasteiger charge is 2.38. The van der Waals surface area contributed by atoms with Crippen molar-refractivity contribution >= 4 is 11.6 Å². The lowest BCUT2D eigenvalue weighted by Gasteiger charge is -2.16. The number of alkyl halides is 3. The fourth-order valence-corrected chi connectivity index (χ4v) is 1.45. The molecule has 1 rings (SSSR count). The van der Waals surface area contributed by atoms with Gasteiger partial charge in [0, 0.05) is 5.69 Å². The van der Waals surface area contributed by atoms with E-state index in [0.29, 0.717) is 5.56 Å². The average Bonchev–Trinajstić information content (AvgIpc) is 2.27.